The maximum Gasteiger partial charge on any atom is 0.254 e. The van der Waals surface area contributed by atoms with Crippen LogP contribution in [0.4, 0.5) is 0 Å². The highest BCUT2D eigenvalue weighted by atomic mass is 79.9. The lowest BCUT2D eigenvalue weighted by Gasteiger charge is -2.20. The number of amides is 1. The Hall–Kier alpha value is -0.830. The third kappa shape index (κ3) is 3.84. The fourth-order valence-corrected chi connectivity index (χ4v) is 2.02. The second-order valence-corrected chi connectivity index (χ2v) is 6.13. The van der Waals surface area contributed by atoms with Gasteiger partial charge in [-0.25, -0.2) is 0 Å². The topological polar surface area (TPSA) is 20.3 Å². The van der Waals surface area contributed by atoms with Gasteiger partial charge in [-0.05, 0) is 31.4 Å². The SMILES string of the molecule is Cc1cccc(C)c1C(=O)N(C)CCC(C)Br. The van der Waals surface area contributed by atoms with Crippen molar-refractivity contribution in [2.24, 2.45) is 0 Å². The van der Waals surface area contributed by atoms with E-state index in [0.717, 1.165) is 29.7 Å². The molecule has 2 nitrogen and oxygen atoms in total. The minimum absolute atomic E-state index is 0.119. The summed E-state index contributed by atoms with van der Waals surface area (Å²) >= 11 is 3.50. The minimum Gasteiger partial charge on any atom is -0.342 e. The zero-order valence-electron chi connectivity index (χ0n) is 11.0. The van der Waals surface area contributed by atoms with E-state index in [0.29, 0.717) is 4.83 Å². The van der Waals surface area contributed by atoms with Crippen LogP contribution in [0.1, 0.15) is 34.8 Å². The van der Waals surface area contributed by atoms with Crippen molar-refractivity contribution in [3.63, 3.8) is 0 Å². The zero-order valence-corrected chi connectivity index (χ0v) is 12.5. The standard InChI is InChI=1S/C14H20BrNO/c1-10-6-5-7-11(2)13(10)14(17)16(4)9-8-12(3)15/h5-7,12H,8-9H2,1-4H3. The van der Waals surface area contributed by atoms with Gasteiger partial charge in [-0.2, -0.15) is 0 Å². The first-order chi connectivity index (χ1) is 7.93. The number of halogens is 1. The molecule has 3 heteroatoms. The third-order valence-corrected chi connectivity index (χ3v) is 3.36. The van der Waals surface area contributed by atoms with Gasteiger partial charge in [-0.15, -0.1) is 0 Å². The number of carbonyl (C=O) groups excluding carboxylic acids is 1. The van der Waals surface area contributed by atoms with E-state index in [1.807, 2.05) is 39.1 Å². The molecule has 0 spiro atoms. The molecule has 1 amide bonds. The summed E-state index contributed by atoms with van der Waals surface area (Å²) in [7, 11) is 1.86. The average molecular weight is 298 g/mol. The van der Waals surface area contributed by atoms with Crippen LogP contribution in [0.3, 0.4) is 0 Å². The molecule has 0 aliphatic rings. The largest absolute Gasteiger partial charge is 0.342 e. The van der Waals surface area contributed by atoms with Crippen LogP contribution in [0, 0.1) is 13.8 Å². The first kappa shape index (κ1) is 14.2. The number of benzene rings is 1. The van der Waals surface area contributed by atoms with Crippen LogP contribution in [0.15, 0.2) is 18.2 Å². The smallest absolute Gasteiger partial charge is 0.254 e. The molecule has 0 saturated heterocycles. The molecule has 1 unspecified atom stereocenters. The van der Waals surface area contributed by atoms with Crippen molar-refractivity contribution in [1.29, 1.82) is 0 Å². The van der Waals surface area contributed by atoms with Crippen LogP contribution < -0.4 is 0 Å². The van der Waals surface area contributed by atoms with Crippen molar-refractivity contribution in [2.75, 3.05) is 13.6 Å². The Labute approximate surface area is 112 Å². The Bertz CT molecular complexity index is 381. The van der Waals surface area contributed by atoms with Gasteiger partial charge in [0.15, 0.2) is 0 Å². The lowest BCUT2D eigenvalue weighted by atomic mass is 10.0. The molecular formula is C14H20BrNO. The van der Waals surface area contributed by atoms with Crippen molar-refractivity contribution in [2.45, 2.75) is 32.0 Å². The highest BCUT2D eigenvalue weighted by Crippen LogP contribution is 2.16. The molecule has 0 N–H and O–H groups in total. The van der Waals surface area contributed by atoms with Gasteiger partial charge in [0, 0.05) is 24.0 Å². The van der Waals surface area contributed by atoms with Crippen LogP contribution >= 0.6 is 15.9 Å². The predicted octanol–water partition coefficient (Wildman–Crippen LogP) is 3.55. The average Bonchev–Trinajstić information content (AvgIpc) is 2.25. The van der Waals surface area contributed by atoms with Crippen molar-refractivity contribution in [1.82, 2.24) is 4.90 Å². The first-order valence-corrected chi connectivity index (χ1v) is 6.80. The highest BCUT2D eigenvalue weighted by Gasteiger charge is 2.16. The van der Waals surface area contributed by atoms with Crippen molar-refractivity contribution < 1.29 is 4.79 Å². The van der Waals surface area contributed by atoms with Crippen molar-refractivity contribution in [3.8, 4) is 0 Å². The van der Waals surface area contributed by atoms with Gasteiger partial charge in [0.2, 0.25) is 0 Å². The van der Waals surface area contributed by atoms with E-state index in [-0.39, 0.29) is 5.91 Å². The van der Waals surface area contributed by atoms with E-state index in [1.165, 1.54) is 0 Å². The van der Waals surface area contributed by atoms with Crippen LogP contribution in [0.2, 0.25) is 0 Å². The highest BCUT2D eigenvalue weighted by molar-refractivity contribution is 9.09. The zero-order chi connectivity index (χ0) is 13.0. The lowest BCUT2D eigenvalue weighted by molar-refractivity contribution is 0.0792. The molecule has 0 aliphatic carbocycles. The summed E-state index contributed by atoms with van der Waals surface area (Å²) in [6.07, 6.45) is 0.965. The molecule has 0 bridgehead atoms. The second-order valence-electron chi connectivity index (χ2n) is 4.56. The molecule has 0 aromatic heterocycles. The molecule has 17 heavy (non-hydrogen) atoms. The molecule has 0 heterocycles. The number of hydrogen-bond acceptors (Lipinski definition) is 1. The predicted molar refractivity (Wildman–Crippen MR) is 75.9 cm³/mol. The lowest BCUT2D eigenvalue weighted by Crippen LogP contribution is -2.29. The number of nitrogens with zero attached hydrogens (tertiary/aromatic N) is 1. The molecule has 0 fully saturated rings. The summed E-state index contributed by atoms with van der Waals surface area (Å²) in [4.78, 5) is 14.5. The Balaban J connectivity index is 2.82. The molecule has 0 aliphatic heterocycles. The van der Waals surface area contributed by atoms with Crippen LogP contribution in [-0.2, 0) is 0 Å². The quantitative estimate of drug-likeness (QED) is 0.778. The fourth-order valence-electron chi connectivity index (χ4n) is 1.82. The number of hydrogen-bond donors (Lipinski definition) is 0. The second kappa shape index (κ2) is 6.20. The van der Waals surface area contributed by atoms with Gasteiger partial charge in [-0.1, -0.05) is 41.1 Å². The summed E-state index contributed by atoms with van der Waals surface area (Å²) in [5, 5.41) is 0. The van der Waals surface area contributed by atoms with E-state index in [9.17, 15) is 4.79 Å². The van der Waals surface area contributed by atoms with Crippen molar-refractivity contribution in [3.05, 3.63) is 34.9 Å². The molecule has 94 valence electrons. The van der Waals surface area contributed by atoms with Crippen LogP contribution in [-0.4, -0.2) is 29.2 Å². The van der Waals surface area contributed by atoms with E-state index < -0.39 is 0 Å². The Morgan fingerprint density at radius 3 is 2.35 bits per heavy atom. The molecule has 0 saturated carbocycles. The Morgan fingerprint density at radius 1 is 1.35 bits per heavy atom. The molecule has 0 radical (unpaired) electrons. The van der Waals surface area contributed by atoms with Gasteiger partial charge in [0.05, 0.1) is 0 Å². The molecule has 1 atom stereocenters. The summed E-state index contributed by atoms with van der Waals surface area (Å²) in [6.45, 7) is 6.85. The molecule has 1 aromatic rings. The summed E-state index contributed by atoms with van der Waals surface area (Å²) in [5.74, 6) is 0.119. The van der Waals surface area contributed by atoms with Gasteiger partial charge >= 0.3 is 0 Å². The van der Waals surface area contributed by atoms with E-state index >= 15 is 0 Å². The Kier molecular flexibility index (Phi) is 5.19. The minimum atomic E-state index is 0.119. The third-order valence-electron chi connectivity index (χ3n) is 2.90. The Morgan fingerprint density at radius 2 is 1.88 bits per heavy atom. The summed E-state index contributed by atoms with van der Waals surface area (Å²) in [5.41, 5.74) is 2.94. The maximum atomic E-state index is 12.3. The van der Waals surface area contributed by atoms with Gasteiger partial charge in [0.25, 0.3) is 5.91 Å². The van der Waals surface area contributed by atoms with E-state index in [1.54, 1.807) is 4.90 Å². The van der Waals surface area contributed by atoms with Gasteiger partial charge in [-0.3, -0.25) is 4.79 Å². The number of rotatable bonds is 4. The van der Waals surface area contributed by atoms with E-state index in [2.05, 4.69) is 22.9 Å². The van der Waals surface area contributed by atoms with Crippen molar-refractivity contribution >= 4 is 21.8 Å². The van der Waals surface area contributed by atoms with Crippen LogP contribution in [0.5, 0.6) is 0 Å². The fraction of sp³-hybridized carbons (Fsp3) is 0.500. The molecular weight excluding hydrogens is 278 g/mol. The first-order valence-electron chi connectivity index (χ1n) is 5.89. The number of alkyl halides is 1. The molecule has 1 rings (SSSR count). The monoisotopic (exact) mass is 297 g/mol. The van der Waals surface area contributed by atoms with Gasteiger partial charge < -0.3 is 4.90 Å². The number of aryl methyl sites for hydroxylation is 2. The number of carbonyl (C=O) groups is 1. The summed E-state index contributed by atoms with van der Waals surface area (Å²) in [6, 6.07) is 5.96. The van der Waals surface area contributed by atoms with E-state index in [4.69, 9.17) is 0 Å². The molecule has 1 aromatic carbocycles. The van der Waals surface area contributed by atoms with Gasteiger partial charge in [0.1, 0.15) is 0 Å². The summed E-state index contributed by atoms with van der Waals surface area (Å²) < 4.78 is 0. The van der Waals surface area contributed by atoms with Crippen LogP contribution in [0.25, 0.3) is 0 Å². The normalized spacial score (nSPS) is 12.3. The maximum absolute atomic E-state index is 12.3.